The van der Waals surface area contributed by atoms with Crippen LogP contribution < -0.4 is 5.32 Å². The lowest BCUT2D eigenvalue weighted by Gasteiger charge is -2.05. The molecule has 1 heterocycles. The van der Waals surface area contributed by atoms with Crippen LogP contribution >= 0.6 is 11.8 Å². The molecule has 1 aromatic heterocycles. The Bertz CT molecular complexity index is 683. The standard InChI is InChI=1S/C15H13N3O5S/c19-13(9-24-14-6-5-12(8-17-14)18(22)23)16-7-10-1-3-11(4-2-10)15(20)21/h1-6,8H,7,9H2,(H,16,19)(H,20,21). The largest absolute Gasteiger partial charge is 0.478 e. The van der Waals surface area contributed by atoms with Crippen LogP contribution in [0.3, 0.4) is 0 Å². The number of carboxylic acid groups (broad SMARTS) is 1. The summed E-state index contributed by atoms with van der Waals surface area (Å²) in [5.74, 6) is -1.10. The number of rotatable bonds is 7. The maximum absolute atomic E-state index is 11.8. The number of nitrogens with zero attached hydrogens (tertiary/aromatic N) is 2. The molecule has 0 fully saturated rings. The van der Waals surface area contributed by atoms with Gasteiger partial charge in [0.15, 0.2) is 0 Å². The monoisotopic (exact) mass is 347 g/mol. The maximum Gasteiger partial charge on any atom is 0.335 e. The second kappa shape index (κ2) is 8.06. The van der Waals surface area contributed by atoms with Crippen LogP contribution in [-0.2, 0) is 11.3 Å². The molecule has 0 radical (unpaired) electrons. The van der Waals surface area contributed by atoms with Crippen molar-refractivity contribution in [3.63, 3.8) is 0 Å². The van der Waals surface area contributed by atoms with Gasteiger partial charge in [-0.25, -0.2) is 9.78 Å². The van der Waals surface area contributed by atoms with E-state index < -0.39 is 10.9 Å². The van der Waals surface area contributed by atoms with E-state index in [1.807, 2.05) is 0 Å². The van der Waals surface area contributed by atoms with E-state index in [1.165, 1.54) is 36.0 Å². The number of benzene rings is 1. The van der Waals surface area contributed by atoms with Crippen molar-refractivity contribution in [1.82, 2.24) is 10.3 Å². The lowest BCUT2D eigenvalue weighted by Crippen LogP contribution is -2.24. The second-order valence-corrected chi connectivity index (χ2v) is 5.67. The first-order valence-corrected chi connectivity index (χ1v) is 7.76. The molecule has 1 amide bonds. The van der Waals surface area contributed by atoms with Crippen LogP contribution in [0.2, 0.25) is 0 Å². The molecule has 2 rings (SSSR count). The summed E-state index contributed by atoms with van der Waals surface area (Å²) in [7, 11) is 0. The molecule has 124 valence electrons. The average Bonchev–Trinajstić information content (AvgIpc) is 2.58. The first-order chi connectivity index (χ1) is 11.5. The first-order valence-electron chi connectivity index (χ1n) is 6.78. The molecule has 8 nitrogen and oxygen atoms in total. The van der Waals surface area contributed by atoms with Crippen molar-refractivity contribution >= 4 is 29.3 Å². The van der Waals surface area contributed by atoms with E-state index in [0.29, 0.717) is 5.03 Å². The van der Waals surface area contributed by atoms with Crippen LogP contribution in [0.15, 0.2) is 47.6 Å². The predicted molar refractivity (Wildman–Crippen MR) is 86.9 cm³/mol. The van der Waals surface area contributed by atoms with Gasteiger partial charge in [-0.3, -0.25) is 14.9 Å². The van der Waals surface area contributed by atoms with Gasteiger partial charge in [0.1, 0.15) is 6.20 Å². The molecule has 0 spiro atoms. The Morgan fingerprint density at radius 1 is 1.21 bits per heavy atom. The molecule has 0 atom stereocenters. The van der Waals surface area contributed by atoms with Crippen LogP contribution in [0.25, 0.3) is 0 Å². The second-order valence-electron chi connectivity index (χ2n) is 4.68. The van der Waals surface area contributed by atoms with Crippen molar-refractivity contribution < 1.29 is 19.6 Å². The fourth-order valence-corrected chi connectivity index (χ4v) is 2.39. The zero-order valence-electron chi connectivity index (χ0n) is 12.3. The third kappa shape index (κ3) is 5.06. The Morgan fingerprint density at radius 3 is 2.46 bits per heavy atom. The van der Waals surface area contributed by atoms with Crippen molar-refractivity contribution in [3.8, 4) is 0 Å². The van der Waals surface area contributed by atoms with E-state index in [2.05, 4.69) is 10.3 Å². The number of hydrogen-bond acceptors (Lipinski definition) is 6. The number of aromatic nitrogens is 1. The van der Waals surface area contributed by atoms with Gasteiger partial charge >= 0.3 is 5.97 Å². The van der Waals surface area contributed by atoms with E-state index in [0.717, 1.165) is 11.8 Å². The van der Waals surface area contributed by atoms with Crippen LogP contribution in [0.4, 0.5) is 5.69 Å². The molecule has 0 unspecified atom stereocenters. The molecule has 2 N–H and O–H groups in total. The van der Waals surface area contributed by atoms with Crippen molar-refractivity contribution in [3.05, 3.63) is 63.8 Å². The Morgan fingerprint density at radius 2 is 1.92 bits per heavy atom. The molecule has 0 bridgehead atoms. The summed E-state index contributed by atoms with van der Waals surface area (Å²) in [4.78, 5) is 36.4. The van der Waals surface area contributed by atoms with Gasteiger partial charge in [-0.2, -0.15) is 0 Å². The topological polar surface area (TPSA) is 122 Å². The molecular weight excluding hydrogens is 334 g/mol. The molecule has 0 saturated heterocycles. The SMILES string of the molecule is O=C(CSc1ccc([N+](=O)[O-])cn1)NCc1ccc(C(=O)O)cc1. The van der Waals surface area contributed by atoms with Crippen LogP contribution in [0.5, 0.6) is 0 Å². The smallest absolute Gasteiger partial charge is 0.335 e. The van der Waals surface area contributed by atoms with Gasteiger partial charge in [-0.1, -0.05) is 23.9 Å². The highest BCUT2D eigenvalue weighted by Gasteiger charge is 2.08. The van der Waals surface area contributed by atoms with Gasteiger partial charge in [-0.15, -0.1) is 0 Å². The van der Waals surface area contributed by atoms with E-state index in [9.17, 15) is 19.7 Å². The van der Waals surface area contributed by atoms with E-state index in [-0.39, 0.29) is 29.5 Å². The summed E-state index contributed by atoms with van der Waals surface area (Å²) < 4.78 is 0. The van der Waals surface area contributed by atoms with Gasteiger partial charge < -0.3 is 10.4 Å². The summed E-state index contributed by atoms with van der Waals surface area (Å²) in [5.41, 5.74) is 0.866. The van der Waals surface area contributed by atoms with Gasteiger partial charge in [0.05, 0.1) is 21.3 Å². The lowest BCUT2D eigenvalue weighted by molar-refractivity contribution is -0.385. The summed E-state index contributed by atoms with van der Waals surface area (Å²) in [6, 6.07) is 9.03. The fraction of sp³-hybridized carbons (Fsp3) is 0.133. The third-order valence-electron chi connectivity index (χ3n) is 2.97. The molecule has 0 aliphatic heterocycles. The third-order valence-corrected chi connectivity index (χ3v) is 3.92. The van der Waals surface area contributed by atoms with Gasteiger partial charge in [0.25, 0.3) is 5.69 Å². The number of amides is 1. The minimum Gasteiger partial charge on any atom is -0.478 e. The number of nitro groups is 1. The zero-order chi connectivity index (χ0) is 17.5. The summed E-state index contributed by atoms with van der Waals surface area (Å²) in [6.07, 6.45) is 1.14. The summed E-state index contributed by atoms with van der Waals surface area (Å²) in [6.45, 7) is 0.285. The highest BCUT2D eigenvalue weighted by molar-refractivity contribution is 7.99. The minimum absolute atomic E-state index is 0.103. The number of carboxylic acids is 1. The van der Waals surface area contributed by atoms with Gasteiger partial charge in [-0.05, 0) is 23.8 Å². The molecule has 2 aromatic rings. The minimum atomic E-state index is -1.00. The molecule has 0 aliphatic carbocycles. The lowest BCUT2D eigenvalue weighted by atomic mass is 10.1. The van der Waals surface area contributed by atoms with Gasteiger partial charge in [0.2, 0.25) is 5.91 Å². The maximum atomic E-state index is 11.8. The fourth-order valence-electron chi connectivity index (χ4n) is 1.72. The van der Waals surface area contributed by atoms with Crippen molar-refractivity contribution in [1.29, 1.82) is 0 Å². The Labute approximate surface area is 141 Å². The molecule has 0 saturated carbocycles. The highest BCUT2D eigenvalue weighted by Crippen LogP contribution is 2.17. The van der Waals surface area contributed by atoms with Crippen molar-refractivity contribution in [2.75, 3.05) is 5.75 Å². The van der Waals surface area contributed by atoms with E-state index >= 15 is 0 Å². The normalized spacial score (nSPS) is 10.2. The molecule has 24 heavy (non-hydrogen) atoms. The zero-order valence-corrected chi connectivity index (χ0v) is 13.2. The number of hydrogen-bond donors (Lipinski definition) is 2. The highest BCUT2D eigenvalue weighted by atomic mass is 32.2. The number of carbonyl (C=O) groups excluding carboxylic acids is 1. The van der Waals surface area contributed by atoms with Crippen LogP contribution in [-0.4, -0.2) is 32.6 Å². The Hall–Kier alpha value is -2.94. The number of nitrogens with one attached hydrogen (secondary N) is 1. The Balaban J connectivity index is 1.78. The predicted octanol–water partition coefficient (Wildman–Crippen LogP) is 2.10. The molecule has 1 aromatic carbocycles. The summed E-state index contributed by atoms with van der Waals surface area (Å²) >= 11 is 1.17. The number of thioether (sulfide) groups is 1. The van der Waals surface area contributed by atoms with E-state index in [4.69, 9.17) is 5.11 Å². The van der Waals surface area contributed by atoms with Gasteiger partial charge in [0, 0.05) is 12.6 Å². The summed E-state index contributed by atoms with van der Waals surface area (Å²) in [5, 5.41) is 22.5. The molecular formula is C15H13N3O5S. The Kier molecular flexibility index (Phi) is 5.85. The average molecular weight is 347 g/mol. The quantitative estimate of drug-likeness (QED) is 0.446. The van der Waals surface area contributed by atoms with Crippen molar-refractivity contribution in [2.24, 2.45) is 0 Å². The first kappa shape index (κ1) is 17.4. The van der Waals surface area contributed by atoms with E-state index in [1.54, 1.807) is 12.1 Å². The number of aromatic carboxylic acids is 1. The number of pyridine rings is 1. The van der Waals surface area contributed by atoms with Crippen LogP contribution in [0.1, 0.15) is 15.9 Å². The van der Waals surface area contributed by atoms with Crippen molar-refractivity contribution in [2.45, 2.75) is 11.6 Å². The molecule has 0 aliphatic rings. The number of carbonyl (C=O) groups is 2. The van der Waals surface area contributed by atoms with Crippen LogP contribution in [0, 0.1) is 10.1 Å². The molecule has 9 heteroatoms.